The van der Waals surface area contributed by atoms with Crippen molar-refractivity contribution in [3.8, 4) is 0 Å². The van der Waals surface area contributed by atoms with Crippen LogP contribution >= 0.6 is 35.4 Å². The summed E-state index contributed by atoms with van der Waals surface area (Å²) in [6, 6.07) is 12.8. The lowest BCUT2D eigenvalue weighted by Crippen LogP contribution is -2.29. The van der Waals surface area contributed by atoms with Crippen molar-refractivity contribution >= 4 is 52.2 Å². The smallest absolute Gasteiger partial charge is 0.339 e. The lowest BCUT2D eigenvalue weighted by Gasteiger charge is -2.12. The van der Waals surface area contributed by atoms with Crippen molar-refractivity contribution in [1.29, 1.82) is 0 Å². The van der Waals surface area contributed by atoms with Gasteiger partial charge in [0.15, 0.2) is 5.11 Å². The summed E-state index contributed by atoms with van der Waals surface area (Å²) in [4.78, 5) is 11.7. The Hall–Kier alpha value is -1.82. The van der Waals surface area contributed by atoms with Crippen molar-refractivity contribution in [3.05, 3.63) is 63.6 Å². The maximum atomic E-state index is 11.7. The zero-order valence-electron chi connectivity index (χ0n) is 14.4. The van der Waals surface area contributed by atoms with Gasteiger partial charge >= 0.3 is 5.97 Å². The van der Waals surface area contributed by atoms with Crippen molar-refractivity contribution in [2.45, 2.75) is 19.8 Å². The zero-order chi connectivity index (χ0) is 18.9. The molecule has 0 radical (unpaired) electrons. The molecule has 0 saturated heterocycles. The molecule has 0 bridgehead atoms. The number of hydrogen-bond acceptors (Lipinski definition) is 3. The number of carbonyl (C=O) groups is 1. The van der Waals surface area contributed by atoms with Gasteiger partial charge in [-0.25, -0.2) is 4.79 Å². The van der Waals surface area contributed by atoms with E-state index in [1.165, 1.54) is 0 Å². The molecule has 4 nitrogen and oxygen atoms in total. The first-order valence-electron chi connectivity index (χ1n) is 8.26. The Morgan fingerprint density at radius 2 is 1.92 bits per heavy atom. The molecular weight excluding hydrogens is 391 g/mol. The first-order valence-corrected chi connectivity index (χ1v) is 9.42. The quantitative estimate of drug-likeness (QED) is 0.378. The van der Waals surface area contributed by atoms with Gasteiger partial charge in [-0.3, -0.25) is 0 Å². The molecule has 0 unspecified atom stereocenters. The molecule has 0 aliphatic rings. The SMILES string of the molecule is CCOC(=O)c1ccc(NC(=S)NCCCc2ccccc2Cl)cc1Cl. The van der Waals surface area contributed by atoms with E-state index in [2.05, 4.69) is 10.6 Å². The Bertz CT molecular complexity index is 784. The summed E-state index contributed by atoms with van der Waals surface area (Å²) in [6.45, 7) is 2.76. The van der Waals surface area contributed by atoms with Gasteiger partial charge in [0.25, 0.3) is 0 Å². The van der Waals surface area contributed by atoms with Gasteiger partial charge in [0, 0.05) is 17.3 Å². The number of anilines is 1. The maximum absolute atomic E-state index is 11.7. The molecule has 0 spiro atoms. The van der Waals surface area contributed by atoms with Crippen molar-refractivity contribution in [3.63, 3.8) is 0 Å². The molecule has 0 aliphatic heterocycles. The second-order valence-electron chi connectivity index (χ2n) is 5.49. The van der Waals surface area contributed by atoms with Gasteiger partial charge < -0.3 is 15.4 Å². The third-order valence-electron chi connectivity index (χ3n) is 3.59. The molecule has 2 aromatic carbocycles. The van der Waals surface area contributed by atoms with Crippen LogP contribution in [0.5, 0.6) is 0 Å². The van der Waals surface area contributed by atoms with Crippen molar-refractivity contribution < 1.29 is 9.53 Å². The number of benzene rings is 2. The minimum absolute atomic E-state index is 0.303. The van der Waals surface area contributed by atoms with Gasteiger partial charge in [0.05, 0.1) is 17.2 Å². The van der Waals surface area contributed by atoms with E-state index in [4.69, 9.17) is 40.2 Å². The van der Waals surface area contributed by atoms with Crippen LogP contribution in [0.2, 0.25) is 10.0 Å². The van der Waals surface area contributed by atoms with Crippen LogP contribution in [0.25, 0.3) is 0 Å². The second-order valence-corrected chi connectivity index (χ2v) is 6.71. The normalized spacial score (nSPS) is 10.3. The molecule has 2 N–H and O–H groups in total. The molecular formula is C19H20Cl2N2O2S. The number of carbonyl (C=O) groups excluding carboxylic acids is 1. The summed E-state index contributed by atoms with van der Waals surface area (Å²) in [6.07, 6.45) is 1.77. The average molecular weight is 411 g/mol. The lowest BCUT2D eigenvalue weighted by molar-refractivity contribution is 0.0526. The molecule has 138 valence electrons. The van der Waals surface area contributed by atoms with Crippen LogP contribution in [-0.4, -0.2) is 24.2 Å². The monoisotopic (exact) mass is 410 g/mol. The molecule has 0 heterocycles. The van der Waals surface area contributed by atoms with Crippen LogP contribution in [-0.2, 0) is 11.2 Å². The summed E-state index contributed by atoms with van der Waals surface area (Å²) in [5, 5.41) is 7.78. The number of esters is 1. The number of ether oxygens (including phenoxy) is 1. The van der Waals surface area contributed by atoms with Crippen molar-refractivity contribution in [2.75, 3.05) is 18.5 Å². The van der Waals surface area contributed by atoms with E-state index >= 15 is 0 Å². The maximum Gasteiger partial charge on any atom is 0.339 e. The van der Waals surface area contributed by atoms with E-state index < -0.39 is 5.97 Å². The third-order valence-corrected chi connectivity index (χ3v) is 4.52. The van der Waals surface area contributed by atoms with Gasteiger partial charge in [0.1, 0.15) is 0 Å². The fraction of sp³-hybridized carbons (Fsp3) is 0.263. The number of halogens is 2. The van der Waals surface area contributed by atoms with Gasteiger partial charge in [-0.15, -0.1) is 0 Å². The van der Waals surface area contributed by atoms with E-state index in [-0.39, 0.29) is 0 Å². The second kappa shape index (κ2) is 10.4. The summed E-state index contributed by atoms with van der Waals surface area (Å²) in [5.74, 6) is -0.440. The summed E-state index contributed by atoms with van der Waals surface area (Å²) >= 11 is 17.6. The van der Waals surface area contributed by atoms with Crippen LogP contribution < -0.4 is 10.6 Å². The Labute approximate surface area is 168 Å². The minimum atomic E-state index is -0.440. The van der Waals surface area contributed by atoms with E-state index in [9.17, 15) is 4.79 Å². The number of aryl methyl sites for hydroxylation is 1. The van der Waals surface area contributed by atoms with E-state index in [1.807, 2.05) is 24.3 Å². The first kappa shape index (κ1) is 20.5. The highest BCUT2D eigenvalue weighted by atomic mass is 35.5. The Morgan fingerprint density at radius 3 is 2.62 bits per heavy atom. The minimum Gasteiger partial charge on any atom is -0.462 e. The topological polar surface area (TPSA) is 50.4 Å². The predicted octanol–water partition coefficient (Wildman–Crippen LogP) is 5.09. The van der Waals surface area contributed by atoms with Crippen molar-refractivity contribution in [1.82, 2.24) is 5.32 Å². The average Bonchev–Trinajstić information content (AvgIpc) is 2.60. The number of rotatable bonds is 7. The molecule has 0 atom stereocenters. The molecule has 2 rings (SSSR count). The highest BCUT2D eigenvalue weighted by Gasteiger charge is 2.12. The highest BCUT2D eigenvalue weighted by Crippen LogP contribution is 2.22. The van der Waals surface area contributed by atoms with E-state index in [0.29, 0.717) is 34.5 Å². The first-order chi connectivity index (χ1) is 12.5. The van der Waals surface area contributed by atoms with Gasteiger partial charge in [-0.2, -0.15) is 0 Å². The molecule has 0 aliphatic carbocycles. The molecule has 0 fully saturated rings. The number of hydrogen-bond donors (Lipinski definition) is 2. The van der Waals surface area contributed by atoms with Crippen LogP contribution in [0.4, 0.5) is 5.69 Å². The molecule has 26 heavy (non-hydrogen) atoms. The molecule has 7 heteroatoms. The Morgan fingerprint density at radius 1 is 1.15 bits per heavy atom. The van der Waals surface area contributed by atoms with Crippen LogP contribution in [0.15, 0.2) is 42.5 Å². The number of nitrogens with one attached hydrogen (secondary N) is 2. The Kier molecular flexibility index (Phi) is 8.16. The summed E-state index contributed by atoms with van der Waals surface area (Å²) in [7, 11) is 0. The lowest BCUT2D eigenvalue weighted by atomic mass is 10.1. The molecule has 2 aromatic rings. The van der Waals surface area contributed by atoms with Gasteiger partial charge in [-0.1, -0.05) is 41.4 Å². The fourth-order valence-electron chi connectivity index (χ4n) is 2.32. The zero-order valence-corrected chi connectivity index (χ0v) is 16.7. The van der Waals surface area contributed by atoms with E-state index in [0.717, 1.165) is 23.4 Å². The Balaban J connectivity index is 1.79. The predicted molar refractivity (Wildman–Crippen MR) is 111 cm³/mol. The largest absolute Gasteiger partial charge is 0.462 e. The van der Waals surface area contributed by atoms with Crippen LogP contribution in [0.1, 0.15) is 29.3 Å². The van der Waals surface area contributed by atoms with Gasteiger partial charge in [0.2, 0.25) is 0 Å². The number of thiocarbonyl (C=S) groups is 1. The fourth-order valence-corrected chi connectivity index (χ4v) is 3.03. The van der Waals surface area contributed by atoms with Gasteiger partial charge in [-0.05, 0) is 61.8 Å². The standard InChI is InChI=1S/C19H20Cl2N2O2S/c1-2-25-18(24)15-10-9-14(12-17(15)21)23-19(26)22-11-5-7-13-6-3-4-8-16(13)20/h3-4,6,8-10,12H,2,5,7,11H2,1H3,(H2,22,23,26). The van der Waals surface area contributed by atoms with E-state index in [1.54, 1.807) is 25.1 Å². The summed E-state index contributed by atoms with van der Waals surface area (Å²) < 4.78 is 4.95. The highest BCUT2D eigenvalue weighted by molar-refractivity contribution is 7.80. The molecule has 0 saturated carbocycles. The van der Waals surface area contributed by atoms with Crippen LogP contribution in [0, 0.1) is 0 Å². The van der Waals surface area contributed by atoms with Crippen molar-refractivity contribution in [2.24, 2.45) is 0 Å². The molecule has 0 amide bonds. The molecule has 0 aromatic heterocycles. The summed E-state index contributed by atoms with van der Waals surface area (Å²) in [5.41, 5.74) is 2.15. The van der Waals surface area contributed by atoms with Crippen LogP contribution in [0.3, 0.4) is 0 Å². The third kappa shape index (κ3) is 6.16.